The number of aromatic amines is 1. The number of nitrogens with zero attached hydrogens (tertiary/aromatic N) is 1. The minimum atomic E-state index is -3.12. The van der Waals surface area contributed by atoms with Crippen LogP contribution in [0.4, 0.5) is 0 Å². The van der Waals surface area contributed by atoms with Crippen molar-refractivity contribution in [1.29, 1.82) is 0 Å². The molecule has 0 unspecified atom stereocenters. The first kappa shape index (κ1) is 14.3. The molecule has 2 heterocycles. The Bertz CT molecular complexity index is 676. The number of aryl methyl sites for hydroxylation is 2. The van der Waals surface area contributed by atoms with Gasteiger partial charge in [-0.2, -0.15) is 5.10 Å². The molecule has 2 N–H and O–H groups in total. The third-order valence-electron chi connectivity index (χ3n) is 4.01. The molecule has 2 aliphatic rings. The fourth-order valence-electron chi connectivity index (χ4n) is 2.93. The molecule has 1 aromatic rings. The summed E-state index contributed by atoms with van der Waals surface area (Å²) in [5, 5.41) is 11.3. The lowest BCUT2D eigenvalue weighted by atomic mass is 9.94. The maximum Gasteiger partial charge on any atom is 0.220 e. The topological polar surface area (TPSA) is 91.9 Å². The molecule has 0 radical (unpaired) electrons. The van der Waals surface area contributed by atoms with Crippen LogP contribution in [-0.2, 0) is 33.9 Å². The van der Waals surface area contributed by atoms with Gasteiger partial charge in [0.25, 0.3) is 0 Å². The van der Waals surface area contributed by atoms with Crippen LogP contribution in [0, 0.1) is 0 Å². The Morgan fingerprint density at radius 1 is 1.38 bits per heavy atom. The van der Waals surface area contributed by atoms with Crippen molar-refractivity contribution in [3.8, 4) is 0 Å². The smallest absolute Gasteiger partial charge is 0.220 e. The van der Waals surface area contributed by atoms with Crippen LogP contribution < -0.4 is 5.32 Å². The van der Waals surface area contributed by atoms with E-state index in [-0.39, 0.29) is 11.7 Å². The fourth-order valence-corrected chi connectivity index (χ4v) is 4.17. The van der Waals surface area contributed by atoms with Crippen molar-refractivity contribution in [2.24, 2.45) is 0 Å². The molecule has 6 nitrogen and oxygen atoms in total. The van der Waals surface area contributed by atoms with Gasteiger partial charge in [0, 0.05) is 23.9 Å². The monoisotopic (exact) mass is 309 g/mol. The van der Waals surface area contributed by atoms with E-state index >= 15 is 0 Å². The van der Waals surface area contributed by atoms with Crippen molar-refractivity contribution >= 4 is 15.7 Å². The molecule has 1 aromatic heterocycles. The van der Waals surface area contributed by atoms with Gasteiger partial charge < -0.3 is 5.32 Å². The molecular formula is C14H19N3O3S. The van der Waals surface area contributed by atoms with Gasteiger partial charge in [-0.25, -0.2) is 8.42 Å². The number of sulfone groups is 1. The number of aromatic nitrogens is 2. The van der Waals surface area contributed by atoms with Gasteiger partial charge >= 0.3 is 0 Å². The Labute approximate surface area is 123 Å². The summed E-state index contributed by atoms with van der Waals surface area (Å²) in [7, 11) is -3.12. The predicted octanol–water partition coefficient (Wildman–Crippen LogP) is 0.648. The Morgan fingerprint density at radius 2 is 2.19 bits per heavy atom. The van der Waals surface area contributed by atoms with Crippen molar-refractivity contribution in [2.75, 3.05) is 5.75 Å². The molecule has 0 spiro atoms. The molecule has 1 aliphatic carbocycles. The lowest BCUT2D eigenvalue weighted by Gasteiger charge is -2.12. The molecule has 114 valence electrons. The Balaban J connectivity index is 1.52. The zero-order chi connectivity index (χ0) is 14.9. The number of carbonyl (C=O) groups excluding carboxylic acids is 1. The number of hydrogen-bond donors (Lipinski definition) is 2. The van der Waals surface area contributed by atoms with E-state index in [0.29, 0.717) is 12.8 Å². The molecule has 1 aliphatic heterocycles. The van der Waals surface area contributed by atoms with Gasteiger partial charge in [0.1, 0.15) is 0 Å². The first-order valence-corrected chi connectivity index (χ1v) is 9.00. The molecule has 0 saturated carbocycles. The van der Waals surface area contributed by atoms with E-state index in [9.17, 15) is 13.2 Å². The Hall–Kier alpha value is -1.63. The largest absolute Gasteiger partial charge is 0.349 e. The second-order valence-corrected chi connectivity index (χ2v) is 7.60. The number of fused-ring (bicyclic) bond motifs is 1. The Morgan fingerprint density at radius 3 is 2.95 bits per heavy atom. The molecule has 1 amide bonds. The van der Waals surface area contributed by atoms with Gasteiger partial charge in [-0.05, 0) is 37.3 Å². The highest BCUT2D eigenvalue weighted by Gasteiger charge is 2.23. The maximum absolute atomic E-state index is 11.9. The van der Waals surface area contributed by atoms with Crippen molar-refractivity contribution < 1.29 is 13.2 Å². The van der Waals surface area contributed by atoms with Crippen LogP contribution in [0.25, 0.3) is 0 Å². The summed E-state index contributed by atoms with van der Waals surface area (Å²) >= 11 is 0. The second kappa shape index (κ2) is 5.63. The molecule has 21 heavy (non-hydrogen) atoms. The van der Waals surface area contributed by atoms with Gasteiger partial charge in [0.05, 0.1) is 17.5 Å². The first-order chi connectivity index (χ1) is 10.0. The van der Waals surface area contributed by atoms with Crippen LogP contribution in [0.5, 0.6) is 0 Å². The minimum absolute atomic E-state index is 0.0312. The molecule has 0 fully saturated rings. The normalized spacial score (nSPS) is 23.0. The summed E-state index contributed by atoms with van der Waals surface area (Å²) in [6.45, 7) is 0. The number of nitrogens with one attached hydrogen (secondary N) is 2. The van der Waals surface area contributed by atoms with Crippen molar-refractivity contribution in [2.45, 2.75) is 44.6 Å². The third-order valence-corrected chi connectivity index (χ3v) is 5.40. The van der Waals surface area contributed by atoms with Gasteiger partial charge in [0.2, 0.25) is 5.91 Å². The number of carbonyl (C=O) groups is 1. The average molecular weight is 309 g/mol. The maximum atomic E-state index is 11.9. The highest BCUT2D eigenvalue weighted by atomic mass is 32.2. The SMILES string of the molecule is O=C(CCc1n[nH]c2c1CCCC2)N[C@H]1C=CS(=O)(=O)C1. The van der Waals surface area contributed by atoms with Crippen LogP contribution in [0.3, 0.4) is 0 Å². The van der Waals surface area contributed by atoms with E-state index in [0.717, 1.165) is 18.5 Å². The van der Waals surface area contributed by atoms with Gasteiger partial charge in [-0.3, -0.25) is 9.89 Å². The lowest BCUT2D eigenvalue weighted by Crippen LogP contribution is -2.35. The van der Waals surface area contributed by atoms with E-state index in [1.165, 1.54) is 35.6 Å². The predicted molar refractivity (Wildman–Crippen MR) is 78.4 cm³/mol. The number of amides is 1. The number of H-pyrrole nitrogens is 1. The van der Waals surface area contributed by atoms with E-state index in [1.54, 1.807) is 0 Å². The zero-order valence-corrected chi connectivity index (χ0v) is 12.6. The van der Waals surface area contributed by atoms with Crippen LogP contribution in [0.2, 0.25) is 0 Å². The quantitative estimate of drug-likeness (QED) is 0.854. The fraction of sp³-hybridized carbons (Fsp3) is 0.571. The standard InChI is InChI=1S/C14H19N3O3S/c18-14(15-10-7-8-21(19,20)9-10)6-5-13-11-3-1-2-4-12(11)16-17-13/h7-8,10H,1-6,9H2,(H,15,18)(H,16,17)/t10-/m0/s1. The summed E-state index contributed by atoms with van der Waals surface area (Å²) in [6, 6.07) is -0.393. The summed E-state index contributed by atoms with van der Waals surface area (Å²) in [6.07, 6.45) is 6.91. The van der Waals surface area contributed by atoms with Crippen molar-refractivity contribution in [3.05, 3.63) is 28.4 Å². The second-order valence-electron chi connectivity index (χ2n) is 5.67. The summed E-state index contributed by atoms with van der Waals surface area (Å²) < 4.78 is 22.6. The molecular weight excluding hydrogens is 290 g/mol. The highest BCUT2D eigenvalue weighted by molar-refractivity contribution is 7.94. The Kier molecular flexibility index (Phi) is 3.84. The van der Waals surface area contributed by atoms with Crippen molar-refractivity contribution in [1.82, 2.24) is 15.5 Å². The molecule has 0 bridgehead atoms. The third kappa shape index (κ3) is 3.34. The first-order valence-electron chi connectivity index (χ1n) is 7.29. The zero-order valence-electron chi connectivity index (χ0n) is 11.8. The lowest BCUT2D eigenvalue weighted by molar-refractivity contribution is -0.121. The molecule has 3 rings (SSSR count). The van der Waals surface area contributed by atoms with E-state index in [1.807, 2.05) is 0 Å². The average Bonchev–Trinajstić information content (AvgIpc) is 3.00. The van der Waals surface area contributed by atoms with Crippen LogP contribution in [0.15, 0.2) is 11.5 Å². The van der Waals surface area contributed by atoms with Crippen LogP contribution in [-0.4, -0.2) is 36.3 Å². The summed E-state index contributed by atoms with van der Waals surface area (Å²) in [4.78, 5) is 11.9. The molecule has 0 saturated heterocycles. The van der Waals surface area contributed by atoms with Crippen LogP contribution in [0.1, 0.15) is 36.2 Å². The number of hydrogen-bond acceptors (Lipinski definition) is 4. The summed E-state index contributed by atoms with van der Waals surface area (Å²) in [5.41, 5.74) is 3.47. The van der Waals surface area contributed by atoms with Crippen LogP contribution >= 0.6 is 0 Å². The van der Waals surface area contributed by atoms with E-state index in [4.69, 9.17) is 0 Å². The van der Waals surface area contributed by atoms with E-state index in [2.05, 4.69) is 15.5 Å². The minimum Gasteiger partial charge on any atom is -0.349 e. The van der Waals surface area contributed by atoms with Crippen molar-refractivity contribution in [3.63, 3.8) is 0 Å². The van der Waals surface area contributed by atoms with Gasteiger partial charge in [0.15, 0.2) is 9.84 Å². The molecule has 0 aromatic carbocycles. The summed E-state index contributed by atoms with van der Waals surface area (Å²) in [5.74, 6) is -0.161. The van der Waals surface area contributed by atoms with E-state index < -0.39 is 15.9 Å². The number of rotatable bonds is 4. The van der Waals surface area contributed by atoms with Gasteiger partial charge in [-0.1, -0.05) is 0 Å². The molecule has 7 heteroatoms. The highest BCUT2D eigenvalue weighted by Crippen LogP contribution is 2.22. The molecule has 1 atom stereocenters. The van der Waals surface area contributed by atoms with Gasteiger partial charge in [-0.15, -0.1) is 0 Å².